The van der Waals surface area contributed by atoms with E-state index in [0.29, 0.717) is 19.0 Å². The van der Waals surface area contributed by atoms with Crippen molar-refractivity contribution in [2.24, 2.45) is 10.1 Å². The molecule has 0 bridgehead atoms. The molecule has 0 fully saturated rings. The first-order chi connectivity index (χ1) is 7.40. The van der Waals surface area contributed by atoms with E-state index < -0.39 is 0 Å². The van der Waals surface area contributed by atoms with E-state index in [1.165, 1.54) is 0 Å². The summed E-state index contributed by atoms with van der Waals surface area (Å²) >= 11 is 0. The van der Waals surface area contributed by atoms with Gasteiger partial charge in [-0.1, -0.05) is 23.3 Å². The SMILES string of the molecule is [N-]=[N+]=NCC1CN=C(c2ccccc2)O1. The van der Waals surface area contributed by atoms with E-state index in [0.717, 1.165) is 5.56 Å². The molecule has 1 aromatic rings. The van der Waals surface area contributed by atoms with Crippen LogP contribution in [-0.2, 0) is 4.74 Å². The van der Waals surface area contributed by atoms with Gasteiger partial charge >= 0.3 is 0 Å². The van der Waals surface area contributed by atoms with Crippen molar-refractivity contribution in [3.05, 3.63) is 46.3 Å². The molecule has 5 nitrogen and oxygen atoms in total. The quantitative estimate of drug-likeness (QED) is 0.420. The standard InChI is InChI=1S/C10H10N4O/c11-14-13-7-9-6-12-10(15-9)8-4-2-1-3-5-8/h1-5,9H,6-7H2. The third-order valence-corrected chi connectivity index (χ3v) is 2.09. The summed E-state index contributed by atoms with van der Waals surface area (Å²) in [6.45, 7) is 0.888. The normalized spacial score (nSPS) is 18.9. The maximum atomic E-state index is 8.17. The molecule has 0 saturated heterocycles. The van der Waals surface area contributed by atoms with Crippen molar-refractivity contribution in [2.45, 2.75) is 6.10 Å². The number of nitrogens with zero attached hydrogens (tertiary/aromatic N) is 4. The van der Waals surface area contributed by atoms with Crippen LogP contribution in [0.5, 0.6) is 0 Å². The van der Waals surface area contributed by atoms with E-state index in [4.69, 9.17) is 10.3 Å². The molecule has 0 saturated carbocycles. The zero-order chi connectivity index (χ0) is 10.5. The van der Waals surface area contributed by atoms with Gasteiger partial charge in [-0.05, 0) is 17.7 Å². The molecule has 2 rings (SSSR count). The van der Waals surface area contributed by atoms with Crippen molar-refractivity contribution in [1.82, 2.24) is 0 Å². The van der Waals surface area contributed by atoms with Crippen LogP contribution in [0.2, 0.25) is 0 Å². The third-order valence-electron chi connectivity index (χ3n) is 2.09. The second-order valence-corrected chi connectivity index (χ2v) is 3.17. The molecule has 0 N–H and O–H groups in total. The van der Waals surface area contributed by atoms with Crippen LogP contribution in [0.25, 0.3) is 10.4 Å². The molecular formula is C10H10N4O. The van der Waals surface area contributed by atoms with Gasteiger partial charge in [-0.25, -0.2) is 4.99 Å². The minimum absolute atomic E-state index is 0.115. The summed E-state index contributed by atoms with van der Waals surface area (Å²) in [5, 5.41) is 3.46. The first-order valence-corrected chi connectivity index (χ1v) is 4.67. The van der Waals surface area contributed by atoms with Gasteiger partial charge in [-0.15, -0.1) is 0 Å². The van der Waals surface area contributed by atoms with Crippen LogP contribution < -0.4 is 0 Å². The summed E-state index contributed by atoms with van der Waals surface area (Å²) in [5.74, 6) is 0.633. The summed E-state index contributed by atoms with van der Waals surface area (Å²) in [7, 11) is 0. The van der Waals surface area contributed by atoms with Crippen molar-refractivity contribution in [3.63, 3.8) is 0 Å². The van der Waals surface area contributed by atoms with Gasteiger partial charge in [0.25, 0.3) is 0 Å². The minimum Gasteiger partial charge on any atom is -0.472 e. The average molecular weight is 202 g/mol. The van der Waals surface area contributed by atoms with E-state index in [1.54, 1.807) is 0 Å². The highest BCUT2D eigenvalue weighted by Crippen LogP contribution is 2.12. The molecular weight excluding hydrogens is 192 g/mol. The second kappa shape index (κ2) is 4.48. The van der Waals surface area contributed by atoms with Crippen molar-refractivity contribution >= 4 is 5.90 Å². The molecule has 1 heterocycles. The smallest absolute Gasteiger partial charge is 0.216 e. The summed E-state index contributed by atoms with van der Waals surface area (Å²) in [6, 6.07) is 9.68. The molecule has 0 aromatic heterocycles. The van der Waals surface area contributed by atoms with Gasteiger partial charge in [0, 0.05) is 10.5 Å². The van der Waals surface area contributed by atoms with Crippen molar-refractivity contribution in [3.8, 4) is 0 Å². The Labute approximate surface area is 87.0 Å². The second-order valence-electron chi connectivity index (χ2n) is 3.17. The molecule has 0 amide bonds. The predicted molar refractivity (Wildman–Crippen MR) is 56.7 cm³/mol. The molecule has 0 aliphatic carbocycles. The fraction of sp³-hybridized carbons (Fsp3) is 0.300. The number of hydrogen-bond acceptors (Lipinski definition) is 3. The van der Waals surface area contributed by atoms with Crippen LogP contribution in [-0.4, -0.2) is 25.1 Å². The molecule has 1 aliphatic heterocycles. The molecule has 15 heavy (non-hydrogen) atoms. The molecule has 0 spiro atoms. The van der Waals surface area contributed by atoms with E-state index in [1.807, 2.05) is 30.3 Å². The Balaban J connectivity index is 2.01. The molecule has 1 aliphatic rings. The molecule has 5 heteroatoms. The van der Waals surface area contributed by atoms with Gasteiger partial charge in [0.15, 0.2) is 0 Å². The molecule has 1 atom stereocenters. The maximum absolute atomic E-state index is 8.17. The molecule has 1 unspecified atom stereocenters. The van der Waals surface area contributed by atoms with Gasteiger partial charge in [0.05, 0.1) is 13.1 Å². The number of aliphatic imine (C=N–C) groups is 1. The summed E-state index contributed by atoms with van der Waals surface area (Å²) in [6.07, 6.45) is -0.115. The van der Waals surface area contributed by atoms with Crippen LogP contribution in [0.4, 0.5) is 0 Å². The predicted octanol–water partition coefficient (Wildman–Crippen LogP) is 2.14. The van der Waals surface area contributed by atoms with E-state index in [9.17, 15) is 0 Å². The Kier molecular flexibility index (Phi) is 2.85. The van der Waals surface area contributed by atoms with Crippen molar-refractivity contribution < 1.29 is 4.74 Å². The molecule has 76 valence electrons. The number of ether oxygens (including phenoxy) is 1. The van der Waals surface area contributed by atoms with Gasteiger partial charge in [-0.3, -0.25) is 0 Å². The van der Waals surface area contributed by atoms with Crippen LogP contribution >= 0.6 is 0 Å². The Bertz CT molecular complexity index is 409. The summed E-state index contributed by atoms with van der Waals surface area (Å²) in [5.41, 5.74) is 9.13. The number of benzene rings is 1. The third kappa shape index (κ3) is 2.27. The van der Waals surface area contributed by atoms with Gasteiger partial charge in [0.2, 0.25) is 5.90 Å². The van der Waals surface area contributed by atoms with Crippen LogP contribution in [0.15, 0.2) is 40.4 Å². The Hall–Kier alpha value is -2.00. The Morgan fingerprint density at radius 3 is 3.00 bits per heavy atom. The fourth-order valence-corrected chi connectivity index (χ4v) is 1.38. The van der Waals surface area contributed by atoms with Crippen molar-refractivity contribution in [1.29, 1.82) is 0 Å². The number of rotatable bonds is 3. The van der Waals surface area contributed by atoms with Crippen LogP contribution in [0.3, 0.4) is 0 Å². The maximum Gasteiger partial charge on any atom is 0.216 e. The fourth-order valence-electron chi connectivity index (χ4n) is 1.38. The monoisotopic (exact) mass is 202 g/mol. The van der Waals surface area contributed by atoms with Gasteiger partial charge < -0.3 is 4.74 Å². The van der Waals surface area contributed by atoms with Gasteiger partial charge in [-0.2, -0.15) is 0 Å². The minimum atomic E-state index is -0.115. The van der Waals surface area contributed by atoms with Crippen LogP contribution in [0.1, 0.15) is 5.56 Å². The first kappa shape index (κ1) is 9.55. The Morgan fingerprint density at radius 2 is 2.27 bits per heavy atom. The lowest BCUT2D eigenvalue weighted by molar-refractivity contribution is 0.233. The lowest BCUT2D eigenvalue weighted by Gasteiger charge is -2.07. The summed E-state index contributed by atoms with van der Waals surface area (Å²) < 4.78 is 5.53. The van der Waals surface area contributed by atoms with Crippen molar-refractivity contribution in [2.75, 3.05) is 13.1 Å². The van der Waals surface area contributed by atoms with E-state index in [-0.39, 0.29) is 6.10 Å². The van der Waals surface area contributed by atoms with E-state index in [2.05, 4.69) is 15.0 Å². The highest BCUT2D eigenvalue weighted by atomic mass is 16.5. The lowest BCUT2D eigenvalue weighted by Crippen LogP contribution is -2.16. The average Bonchev–Trinajstić information content (AvgIpc) is 2.76. The zero-order valence-electron chi connectivity index (χ0n) is 8.08. The topological polar surface area (TPSA) is 70.4 Å². The molecule has 1 aromatic carbocycles. The lowest BCUT2D eigenvalue weighted by atomic mass is 10.2. The number of azide groups is 1. The van der Waals surface area contributed by atoms with Crippen LogP contribution in [0, 0.1) is 0 Å². The largest absolute Gasteiger partial charge is 0.472 e. The molecule has 0 radical (unpaired) electrons. The summed E-state index contributed by atoms with van der Waals surface area (Å²) in [4.78, 5) is 6.94. The first-order valence-electron chi connectivity index (χ1n) is 4.67. The number of hydrogen-bond donors (Lipinski definition) is 0. The highest BCUT2D eigenvalue weighted by molar-refractivity contribution is 5.95. The van der Waals surface area contributed by atoms with E-state index >= 15 is 0 Å². The zero-order valence-corrected chi connectivity index (χ0v) is 8.08. The van der Waals surface area contributed by atoms with Gasteiger partial charge in [0.1, 0.15) is 6.10 Å². The highest BCUT2D eigenvalue weighted by Gasteiger charge is 2.19. The Morgan fingerprint density at radius 1 is 1.47 bits per heavy atom.